The van der Waals surface area contributed by atoms with E-state index in [1.54, 1.807) is 0 Å². The van der Waals surface area contributed by atoms with Crippen LogP contribution in [0.1, 0.15) is 25.8 Å². The average Bonchev–Trinajstić information content (AvgIpc) is 2.45. The quantitative estimate of drug-likeness (QED) is 0.617. The van der Waals surface area contributed by atoms with Crippen molar-refractivity contribution in [1.82, 2.24) is 5.32 Å². The molecule has 0 aliphatic rings. The molecule has 0 aliphatic heterocycles. The number of benzene rings is 1. The average molecular weight is 295 g/mol. The summed E-state index contributed by atoms with van der Waals surface area (Å²) in [6.45, 7) is 4.01. The van der Waals surface area contributed by atoms with Crippen LogP contribution in [0, 0.1) is 5.92 Å². The maximum Gasteiger partial charge on any atom is 0.408 e. The van der Waals surface area contributed by atoms with Gasteiger partial charge >= 0.3 is 12.1 Å². The van der Waals surface area contributed by atoms with Crippen LogP contribution in [0.15, 0.2) is 30.3 Å². The van der Waals surface area contributed by atoms with Gasteiger partial charge in [0.15, 0.2) is 0 Å². The lowest BCUT2D eigenvalue weighted by molar-refractivity contribution is -0.257. The molecule has 116 valence electrons. The Hall–Kier alpha value is -2.08. The summed E-state index contributed by atoms with van der Waals surface area (Å²) < 4.78 is 5.07. The smallest absolute Gasteiger partial charge is 0.408 e. The highest BCUT2D eigenvalue weighted by Crippen LogP contribution is 2.07. The summed E-state index contributed by atoms with van der Waals surface area (Å²) in [5.41, 5.74) is 0.868. The van der Waals surface area contributed by atoms with Gasteiger partial charge in [-0.2, -0.15) is 4.89 Å². The molecule has 1 amide bonds. The van der Waals surface area contributed by atoms with Crippen LogP contribution in [0.4, 0.5) is 4.79 Å². The maximum atomic E-state index is 11.7. The lowest BCUT2D eigenvalue weighted by Gasteiger charge is -2.17. The minimum atomic E-state index is -0.798. The van der Waals surface area contributed by atoms with Crippen LogP contribution in [0.25, 0.3) is 0 Å². The van der Waals surface area contributed by atoms with Gasteiger partial charge in [0.05, 0.1) is 7.11 Å². The molecule has 0 aliphatic carbocycles. The van der Waals surface area contributed by atoms with E-state index in [0.717, 1.165) is 5.56 Å². The van der Waals surface area contributed by atoms with Gasteiger partial charge in [-0.3, -0.25) is 4.89 Å². The molecule has 6 nitrogen and oxygen atoms in total. The molecule has 1 unspecified atom stereocenters. The van der Waals surface area contributed by atoms with Gasteiger partial charge in [-0.1, -0.05) is 44.2 Å². The number of nitrogens with one attached hydrogen (secondary N) is 1. The molecule has 0 bridgehead atoms. The molecule has 0 saturated carbocycles. The second kappa shape index (κ2) is 8.97. The fourth-order valence-electron chi connectivity index (χ4n) is 1.73. The largest absolute Gasteiger partial charge is 0.445 e. The molecule has 0 heterocycles. The standard InChI is InChI=1S/C15H21NO5/c1-11(2)9-13(14(17)21-19-3)16-15(18)20-10-12-7-5-4-6-8-12/h4-8,11,13H,9-10H2,1-3H3,(H,16,18). The van der Waals surface area contributed by atoms with E-state index < -0.39 is 18.1 Å². The molecule has 0 aromatic heterocycles. The number of hydrogen-bond donors (Lipinski definition) is 1. The van der Waals surface area contributed by atoms with E-state index in [4.69, 9.17) is 4.74 Å². The third-order valence-corrected chi connectivity index (χ3v) is 2.66. The first-order valence-corrected chi connectivity index (χ1v) is 6.74. The van der Waals surface area contributed by atoms with E-state index in [-0.39, 0.29) is 12.5 Å². The molecule has 0 saturated heterocycles. The summed E-state index contributed by atoms with van der Waals surface area (Å²) in [5.74, 6) is -0.448. The van der Waals surface area contributed by atoms with Crippen LogP contribution in [-0.2, 0) is 25.9 Å². The second-order valence-electron chi connectivity index (χ2n) is 4.96. The zero-order valence-corrected chi connectivity index (χ0v) is 12.5. The van der Waals surface area contributed by atoms with Gasteiger partial charge in [-0.05, 0) is 17.9 Å². The first-order chi connectivity index (χ1) is 10.0. The van der Waals surface area contributed by atoms with Crippen LogP contribution >= 0.6 is 0 Å². The van der Waals surface area contributed by atoms with Gasteiger partial charge in [-0.25, -0.2) is 9.59 Å². The highest BCUT2D eigenvalue weighted by molar-refractivity contribution is 5.80. The fourth-order valence-corrected chi connectivity index (χ4v) is 1.73. The van der Waals surface area contributed by atoms with Crippen molar-refractivity contribution < 1.29 is 24.1 Å². The number of alkyl carbamates (subject to hydrolysis) is 1. The number of amides is 1. The van der Waals surface area contributed by atoms with E-state index in [0.29, 0.717) is 6.42 Å². The number of carbonyl (C=O) groups is 2. The molecule has 0 fully saturated rings. The van der Waals surface area contributed by atoms with E-state index in [2.05, 4.69) is 15.1 Å². The van der Waals surface area contributed by atoms with Gasteiger partial charge < -0.3 is 10.1 Å². The van der Waals surface area contributed by atoms with Crippen LogP contribution in [-0.4, -0.2) is 25.2 Å². The molecule has 21 heavy (non-hydrogen) atoms. The van der Waals surface area contributed by atoms with Crippen LogP contribution in [0.2, 0.25) is 0 Å². The van der Waals surface area contributed by atoms with Crippen molar-refractivity contribution in [2.75, 3.05) is 7.11 Å². The number of carbonyl (C=O) groups excluding carboxylic acids is 2. The van der Waals surface area contributed by atoms with Gasteiger partial charge in [0.2, 0.25) is 0 Å². The lowest BCUT2D eigenvalue weighted by Crippen LogP contribution is -2.42. The van der Waals surface area contributed by atoms with E-state index >= 15 is 0 Å². The van der Waals surface area contributed by atoms with Gasteiger partial charge in [-0.15, -0.1) is 0 Å². The Bertz CT molecular complexity index is 447. The Morgan fingerprint density at radius 1 is 1.19 bits per heavy atom. The number of rotatable bonds is 7. The van der Waals surface area contributed by atoms with Crippen molar-refractivity contribution in [2.45, 2.75) is 32.9 Å². The monoisotopic (exact) mass is 295 g/mol. The van der Waals surface area contributed by atoms with Gasteiger partial charge in [0.25, 0.3) is 0 Å². The zero-order valence-electron chi connectivity index (χ0n) is 12.5. The summed E-state index contributed by atoms with van der Waals surface area (Å²) >= 11 is 0. The zero-order chi connectivity index (χ0) is 15.7. The number of hydrogen-bond acceptors (Lipinski definition) is 5. The molecule has 6 heteroatoms. The van der Waals surface area contributed by atoms with Gasteiger partial charge in [0.1, 0.15) is 12.6 Å². The number of ether oxygens (including phenoxy) is 1. The van der Waals surface area contributed by atoms with E-state index in [9.17, 15) is 9.59 Å². The Balaban J connectivity index is 2.49. The predicted octanol–water partition coefficient (Wildman–Crippen LogP) is 2.43. The summed E-state index contributed by atoms with van der Waals surface area (Å²) in [6.07, 6.45) is -0.236. The van der Waals surface area contributed by atoms with Crippen LogP contribution in [0.5, 0.6) is 0 Å². The molecule has 1 aromatic rings. The van der Waals surface area contributed by atoms with Crippen molar-refractivity contribution in [3.05, 3.63) is 35.9 Å². The van der Waals surface area contributed by atoms with Crippen molar-refractivity contribution >= 4 is 12.1 Å². The molecule has 1 N–H and O–H groups in total. The van der Waals surface area contributed by atoms with Crippen molar-refractivity contribution in [2.24, 2.45) is 5.92 Å². The molecule has 1 aromatic carbocycles. The molecule has 1 atom stereocenters. The third kappa shape index (κ3) is 6.76. The topological polar surface area (TPSA) is 73.9 Å². The summed E-state index contributed by atoms with van der Waals surface area (Å²) in [5, 5.41) is 2.49. The second-order valence-corrected chi connectivity index (χ2v) is 4.96. The fraction of sp³-hybridized carbons (Fsp3) is 0.467. The summed E-state index contributed by atoms with van der Waals surface area (Å²) in [4.78, 5) is 32.2. The molecular weight excluding hydrogens is 274 g/mol. The normalized spacial score (nSPS) is 11.8. The maximum absolute atomic E-state index is 11.7. The Labute approximate surface area is 124 Å². The summed E-state index contributed by atoms with van der Waals surface area (Å²) in [6, 6.07) is 8.48. The van der Waals surface area contributed by atoms with E-state index in [1.807, 2.05) is 44.2 Å². The van der Waals surface area contributed by atoms with Crippen molar-refractivity contribution in [1.29, 1.82) is 0 Å². The molecule has 1 rings (SSSR count). The Morgan fingerprint density at radius 2 is 1.86 bits per heavy atom. The third-order valence-electron chi connectivity index (χ3n) is 2.66. The van der Waals surface area contributed by atoms with Gasteiger partial charge in [0, 0.05) is 0 Å². The molecule has 0 radical (unpaired) electrons. The summed E-state index contributed by atoms with van der Waals surface area (Å²) in [7, 11) is 1.23. The predicted molar refractivity (Wildman–Crippen MR) is 76.1 cm³/mol. The first-order valence-electron chi connectivity index (χ1n) is 6.74. The SMILES string of the molecule is COOC(=O)C(CC(C)C)NC(=O)OCc1ccccc1. The van der Waals surface area contributed by atoms with Crippen LogP contribution in [0.3, 0.4) is 0 Å². The van der Waals surface area contributed by atoms with Crippen LogP contribution < -0.4 is 5.32 Å². The molecular formula is C15H21NO5. The van der Waals surface area contributed by atoms with Crippen molar-refractivity contribution in [3.63, 3.8) is 0 Å². The minimum absolute atomic E-state index is 0.139. The Morgan fingerprint density at radius 3 is 2.43 bits per heavy atom. The Kier molecular flexibility index (Phi) is 7.25. The van der Waals surface area contributed by atoms with E-state index in [1.165, 1.54) is 7.11 Å². The van der Waals surface area contributed by atoms with Crippen molar-refractivity contribution in [3.8, 4) is 0 Å². The minimum Gasteiger partial charge on any atom is -0.445 e. The highest BCUT2D eigenvalue weighted by Gasteiger charge is 2.24. The highest BCUT2D eigenvalue weighted by atomic mass is 17.2. The molecule has 0 spiro atoms. The first kappa shape index (κ1) is 17.0. The lowest BCUT2D eigenvalue weighted by atomic mass is 10.0.